The number of hydrogen-bond donors (Lipinski definition) is 5. The van der Waals surface area contributed by atoms with Gasteiger partial charge in [0.25, 0.3) is 5.91 Å². The first-order valence-electron chi connectivity index (χ1n) is 19.5. The monoisotopic (exact) mass is 775 g/mol. The first-order valence-corrected chi connectivity index (χ1v) is 19.5. The van der Waals surface area contributed by atoms with Gasteiger partial charge in [-0.1, -0.05) is 110 Å². The highest BCUT2D eigenvalue weighted by Gasteiger charge is 2.29. The average molecular weight is 776 g/mol. The Kier molecular flexibility index (Phi) is 15.2. The van der Waals surface area contributed by atoms with E-state index in [9.17, 15) is 24.0 Å². The van der Waals surface area contributed by atoms with Crippen LogP contribution in [-0.2, 0) is 43.2 Å². The van der Waals surface area contributed by atoms with Gasteiger partial charge in [-0.05, 0) is 79.0 Å². The number of amides is 5. The SMILES string of the molecule is CC(C)(C)OC(=O)NC(Cc1ccccc1)C(=O)NNC(=O)CCc1ccc(CNC(=O)CCCCCNC(=O)OCC2c3ccccc3-c3ccccc32)cc1. The summed E-state index contributed by atoms with van der Waals surface area (Å²) < 4.78 is 10.9. The number of carbonyl (C=O) groups is 5. The predicted molar refractivity (Wildman–Crippen MR) is 218 cm³/mol. The number of unbranched alkanes of at least 4 members (excludes halogenated alkanes) is 2. The van der Waals surface area contributed by atoms with Gasteiger partial charge in [-0.3, -0.25) is 25.2 Å². The van der Waals surface area contributed by atoms with Crippen molar-refractivity contribution in [3.8, 4) is 11.1 Å². The Labute approximate surface area is 334 Å². The molecule has 0 aromatic heterocycles. The summed E-state index contributed by atoms with van der Waals surface area (Å²) in [6.07, 6.45) is 2.22. The van der Waals surface area contributed by atoms with E-state index in [0.717, 1.165) is 29.5 Å². The van der Waals surface area contributed by atoms with Gasteiger partial charge in [-0.25, -0.2) is 9.59 Å². The molecular weight excluding hydrogens is 723 g/mol. The molecule has 0 spiro atoms. The van der Waals surface area contributed by atoms with Crippen molar-refractivity contribution in [3.05, 3.63) is 131 Å². The number of rotatable bonds is 17. The van der Waals surface area contributed by atoms with Gasteiger partial charge in [0, 0.05) is 38.3 Å². The van der Waals surface area contributed by atoms with Crippen LogP contribution >= 0.6 is 0 Å². The van der Waals surface area contributed by atoms with E-state index < -0.39 is 29.7 Å². The molecule has 4 aromatic carbocycles. The van der Waals surface area contributed by atoms with Crippen molar-refractivity contribution in [2.75, 3.05) is 13.2 Å². The van der Waals surface area contributed by atoms with Crippen LogP contribution < -0.4 is 26.8 Å². The number of hydrazine groups is 1. The average Bonchev–Trinajstić information content (AvgIpc) is 3.52. The van der Waals surface area contributed by atoms with Gasteiger partial charge in [-0.15, -0.1) is 0 Å². The fraction of sp³-hybridized carbons (Fsp3) is 0.356. The molecule has 12 nitrogen and oxygen atoms in total. The van der Waals surface area contributed by atoms with Crippen LogP contribution in [0.2, 0.25) is 0 Å². The molecule has 0 saturated heterocycles. The number of alkyl carbamates (subject to hydrolysis) is 2. The van der Waals surface area contributed by atoms with Crippen molar-refractivity contribution in [2.45, 2.75) is 89.8 Å². The van der Waals surface area contributed by atoms with E-state index in [1.54, 1.807) is 20.8 Å². The highest BCUT2D eigenvalue weighted by Crippen LogP contribution is 2.44. The molecule has 12 heteroatoms. The lowest BCUT2D eigenvalue weighted by Gasteiger charge is -2.23. The fourth-order valence-electron chi connectivity index (χ4n) is 6.59. The molecule has 57 heavy (non-hydrogen) atoms. The lowest BCUT2D eigenvalue weighted by Crippen LogP contribution is -2.53. The molecule has 1 atom stereocenters. The Morgan fingerprint density at radius 2 is 1.26 bits per heavy atom. The molecule has 0 fully saturated rings. The number of carbonyl (C=O) groups excluding carboxylic acids is 5. The zero-order valence-corrected chi connectivity index (χ0v) is 32.9. The third-order valence-electron chi connectivity index (χ3n) is 9.46. The first-order chi connectivity index (χ1) is 27.4. The van der Waals surface area contributed by atoms with E-state index in [1.807, 2.05) is 78.9 Å². The molecule has 0 bridgehead atoms. The molecule has 1 aliphatic rings. The summed E-state index contributed by atoms with van der Waals surface area (Å²) in [4.78, 5) is 62.8. The predicted octanol–water partition coefficient (Wildman–Crippen LogP) is 6.62. The number of nitrogens with one attached hydrogen (secondary N) is 5. The molecule has 5 N–H and O–H groups in total. The standard InChI is InChI=1S/C45H53N5O7/c1-45(2,3)57-44(55)48-39(28-32-14-6-4-7-15-32)42(53)50-49-41(52)26-25-31-21-23-33(24-22-31)29-47-40(51)20-8-5-13-27-46-43(54)56-30-38-36-18-11-9-16-34(36)35-17-10-12-19-37(35)38/h4,6-7,9-12,14-19,21-24,38-39H,5,8,13,20,25-30H2,1-3H3,(H,46,54)(H,47,51)(H,48,55)(H,49,52)(H,50,53). The number of hydrogen-bond acceptors (Lipinski definition) is 7. The minimum Gasteiger partial charge on any atom is -0.449 e. The topological polar surface area (TPSA) is 164 Å². The van der Waals surface area contributed by atoms with Crippen LogP contribution in [0.4, 0.5) is 9.59 Å². The molecule has 1 unspecified atom stereocenters. The molecular formula is C45H53N5O7. The Bertz CT molecular complexity index is 1930. The molecule has 300 valence electrons. The van der Waals surface area contributed by atoms with Crippen molar-refractivity contribution < 1.29 is 33.4 Å². The van der Waals surface area contributed by atoms with Crippen molar-refractivity contribution in [1.82, 2.24) is 26.8 Å². The summed E-state index contributed by atoms with van der Waals surface area (Å²) in [6.45, 7) is 6.33. The van der Waals surface area contributed by atoms with Gasteiger partial charge >= 0.3 is 12.2 Å². The smallest absolute Gasteiger partial charge is 0.408 e. The van der Waals surface area contributed by atoms with Crippen molar-refractivity contribution in [3.63, 3.8) is 0 Å². The maximum Gasteiger partial charge on any atom is 0.408 e. The highest BCUT2D eigenvalue weighted by atomic mass is 16.6. The second-order valence-electron chi connectivity index (χ2n) is 15.1. The summed E-state index contributed by atoms with van der Waals surface area (Å²) in [7, 11) is 0. The summed E-state index contributed by atoms with van der Waals surface area (Å²) in [5, 5.41) is 8.36. The summed E-state index contributed by atoms with van der Waals surface area (Å²) >= 11 is 0. The van der Waals surface area contributed by atoms with E-state index in [1.165, 1.54) is 22.3 Å². The van der Waals surface area contributed by atoms with Crippen molar-refractivity contribution in [1.29, 1.82) is 0 Å². The third kappa shape index (κ3) is 13.5. The Hall–Kier alpha value is -6.17. The van der Waals surface area contributed by atoms with Crippen molar-refractivity contribution in [2.24, 2.45) is 0 Å². The van der Waals surface area contributed by atoms with Gasteiger partial charge in [0.1, 0.15) is 18.2 Å². The maximum atomic E-state index is 13.0. The van der Waals surface area contributed by atoms with Crippen LogP contribution in [0.1, 0.15) is 86.6 Å². The van der Waals surface area contributed by atoms with Crippen LogP contribution in [0.15, 0.2) is 103 Å². The Morgan fingerprint density at radius 1 is 0.632 bits per heavy atom. The highest BCUT2D eigenvalue weighted by molar-refractivity contribution is 5.88. The molecule has 0 radical (unpaired) electrons. The number of ether oxygens (including phenoxy) is 2. The number of benzene rings is 4. The second-order valence-corrected chi connectivity index (χ2v) is 15.1. The molecule has 0 heterocycles. The van der Waals surface area contributed by atoms with Gasteiger partial charge in [0.05, 0.1) is 0 Å². The van der Waals surface area contributed by atoms with E-state index in [2.05, 4.69) is 51.1 Å². The largest absolute Gasteiger partial charge is 0.449 e. The van der Waals surface area contributed by atoms with Gasteiger partial charge in [-0.2, -0.15) is 0 Å². The van der Waals surface area contributed by atoms with E-state index >= 15 is 0 Å². The lowest BCUT2D eigenvalue weighted by molar-refractivity contribution is -0.130. The molecule has 0 saturated carbocycles. The minimum atomic E-state index is -0.971. The Morgan fingerprint density at radius 3 is 1.93 bits per heavy atom. The van der Waals surface area contributed by atoms with E-state index in [4.69, 9.17) is 9.47 Å². The van der Waals surface area contributed by atoms with Crippen LogP contribution in [0.25, 0.3) is 11.1 Å². The molecule has 1 aliphatic carbocycles. The van der Waals surface area contributed by atoms with Crippen LogP contribution in [-0.4, -0.2) is 54.7 Å². The normalized spacial score (nSPS) is 12.3. The zero-order valence-electron chi connectivity index (χ0n) is 32.9. The number of aryl methyl sites for hydroxylation is 1. The third-order valence-corrected chi connectivity index (χ3v) is 9.46. The van der Waals surface area contributed by atoms with Crippen molar-refractivity contribution >= 4 is 29.9 Å². The summed E-state index contributed by atoms with van der Waals surface area (Å²) in [5.74, 6) is -0.991. The molecule has 5 rings (SSSR count). The van der Waals surface area contributed by atoms with E-state index in [0.29, 0.717) is 32.4 Å². The van der Waals surface area contributed by atoms with Crippen LogP contribution in [0, 0.1) is 0 Å². The molecule has 4 aromatic rings. The maximum absolute atomic E-state index is 13.0. The van der Waals surface area contributed by atoms with Gasteiger partial charge in [0.2, 0.25) is 11.8 Å². The minimum absolute atomic E-state index is 0.0177. The second kappa shape index (κ2) is 20.7. The fourth-order valence-corrected chi connectivity index (χ4v) is 6.59. The van der Waals surface area contributed by atoms with Crippen LogP contribution in [0.5, 0.6) is 0 Å². The lowest BCUT2D eigenvalue weighted by atomic mass is 9.98. The Balaban J connectivity index is 0.921. The first kappa shape index (κ1) is 42.0. The van der Waals surface area contributed by atoms with Gasteiger partial charge < -0.3 is 25.4 Å². The molecule has 0 aliphatic heterocycles. The number of fused-ring (bicyclic) bond motifs is 3. The molecule has 5 amide bonds. The van der Waals surface area contributed by atoms with Crippen LogP contribution in [0.3, 0.4) is 0 Å². The zero-order chi connectivity index (χ0) is 40.6. The van der Waals surface area contributed by atoms with E-state index in [-0.39, 0.29) is 37.2 Å². The summed E-state index contributed by atoms with van der Waals surface area (Å²) in [5.41, 5.74) is 11.5. The summed E-state index contributed by atoms with van der Waals surface area (Å²) in [6, 6.07) is 32.3. The van der Waals surface area contributed by atoms with Gasteiger partial charge in [0.15, 0.2) is 0 Å². The quantitative estimate of drug-likeness (QED) is 0.0595.